The van der Waals surface area contributed by atoms with Crippen molar-refractivity contribution < 1.29 is 0 Å². The van der Waals surface area contributed by atoms with Crippen molar-refractivity contribution in [2.45, 2.75) is 0 Å². The molecule has 0 fully saturated rings. The number of hydrogen-bond donors (Lipinski definition) is 0. The minimum atomic E-state index is 1.00. The summed E-state index contributed by atoms with van der Waals surface area (Å²) in [6.07, 6.45) is 6.05. The van der Waals surface area contributed by atoms with Crippen molar-refractivity contribution >= 4 is 27.2 Å². The number of benzene rings is 3. The van der Waals surface area contributed by atoms with Crippen LogP contribution < -0.4 is 0 Å². The van der Waals surface area contributed by atoms with Crippen LogP contribution in [-0.2, 0) is 0 Å². The number of pyridine rings is 1. The van der Waals surface area contributed by atoms with Gasteiger partial charge in [0.15, 0.2) is 0 Å². The van der Waals surface area contributed by atoms with E-state index in [9.17, 15) is 0 Å². The minimum Gasteiger partial charge on any atom is -0.306 e. The van der Waals surface area contributed by atoms with E-state index >= 15 is 0 Å². The fraction of sp³-hybridized carbons (Fsp3) is 0. The van der Waals surface area contributed by atoms with Gasteiger partial charge in [-0.3, -0.25) is 0 Å². The van der Waals surface area contributed by atoms with E-state index in [-0.39, 0.29) is 0 Å². The Bertz CT molecular complexity index is 1160. The lowest BCUT2D eigenvalue weighted by atomic mass is 9.95. The van der Waals surface area contributed by atoms with Gasteiger partial charge in [-0.2, -0.15) is 0 Å². The van der Waals surface area contributed by atoms with Gasteiger partial charge in [-0.1, -0.05) is 66.7 Å². The molecule has 0 N–H and O–H groups in total. The molecule has 5 aromatic rings. The van der Waals surface area contributed by atoms with Crippen molar-refractivity contribution in [1.29, 1.82) is 0 Å². The van der Waals surface area contributed by atoms with Crippen molar-refractivity contribution in [3.05, 3.63) is 85.3 Å². The van der Waals surface area contributed by atoms with Gasteiger partial charge in [0.05, 0.1) is 0 Å². The van der Waals surface area contributed by atoms with Gasteiger partial charge in [0, 0.05) is 29.5 Å². The summed E-state index contributed by atoms with van der Waals surface area (Å²) in [4.78, 5) is 4.51. The Morgan fingerprint density at radius 3 is 2.30 bits per heavy atom. The Kier molecular flexibility index (Phi) is 2.53. The average Bonchev–Trinajstić information content (AvgIpc) is 3.09. The van der Waals surface area contributed by atoms with Gasteiger partial charge in [-0.25, -0.2) is 4.98 Å². The Labute approximate surface area is 133 Å². The van der Waals surface area contributed by atoms with Gasteiger partial charge < -0.3 is 4.40 Å². The van der Waals surface area contributed by atoms with E-state index < -0.39 is 0 Å². The Balaban J connectivity index is 1.98. The largest absolute Gasteiger partial charge is 0.306 e. The van der Waals surface area contributed by atoms with Crippen molar-refractivity contribution in [2.24, 2.45) is 0 Å². The number of rotatable bonds is 1. The third-order valence-electron chi connectivity index (χ3n) is 4.47. The molecule has 23 heavy (non-hydrogen) atoms. The Hall–Kier alpha value is -3.13. The molecule has 0 unspecified atom stereocenters. The highest BCUT2D eigenvalue weighted by atomic mass is 15.0. The van der Waals surface area contributed by atoms with Crippen molar-refractivity contribution in [3.63, 3.8) is 0 Å². The normalized spacial score (nSPS) is 11.5. The molecule has 2 heterocycles. The van der Waals surface area contributed by atoms with Crippen LogP contribution >= 0.6 is 0 Å². The summed E-state index contributed by atoms with van der Waals surface area (Å²) in [6, 6.07) is 23.5. The van der Waals surface area contributed by atoms with Crippen molar-refractivity contribution in [1.82, 2.24) is 9.38 Å². The van der Waals surface area contributed by atoms with Crippen LogP contribution in [0.1, 0.15) is 0 Å². The molecule has 2 nitrogen and oxygen atoms in total. The summed E-state index contributed by atoms with van der Waals surface area (Å²) in [5.41, 5.74) is 3.50. The monoisotopic (exact) mass is 294 g/mol. The SMILES string of the molecule is c1ccc2c(-c3cn4ccnc4c4ccccc34)cccc2c1. The van der Waals surface area contributed by atoms with E-state index in [1.54, 1.807) is 0 Å². The maximum absolute atomic E-state index is 4.51. The molecule has 0 bridgehead atoms. The lowest BCUT2D eigenvalue weighted by Crippen LogP contribution is -1.90. The average molecular weight is 294 g/mol. The highest BCUT2D eigenvalue weighted by Crippen LogP contribution is 2.34. The molecule has 0 radical (unpaired) electrons. The summed E-state index contributed by atoms with van der Waals surface area (Å²) < 4.78 is 2.11. The van der Waals surface area contributed by atoms with E-state index in [0.717, 1.165) is 5.65 Å². The van der Waals surface area contributed by atoms with E-state index in [4.69, 9.17) is 0 Å². The molecule has 0 aliphatic carbocycles. The van der Waals surface area contributed by atoms with Crippen molar-refractivity contribution in [3.8, 4) is 11.1 Å². The second-order valence-corrected chi connectivity index (χ2v) is 5.77. The highest BCUT2D eigenvalue weighted by Gasteiger charge is 2.11. The molecule has 0 atom stereocenters. The molecule has 0 saturated carbocycles. The first-order valence-electron chi connectivity index (χ1n) is 7.74. The second kappa shape index (κ2) is 4.68. The Morgan fingerprint density at radius 2 is 1.39 bits per heavy atom. The van der Waals surface area contributed by atoms with Gasteiger partial charge in [-0.15, -0.1) is 0 Å². The summed E-state index contributed by atoms with van der Waals surface area (Å²) in [6.45, 7) is 0. The predicted octanol–water partition coefficient (Wildman–Crippen LogP) is 5.31. The topological polar surface area (TPSA) is 17.3 Å². The van der Waals surface area contributed by atoms with Gasteiger partial charge in [0.25, 0.3) is 0 Å². The lowest BCUT2D eigenvalue weighted by Gasteiger charge is -2.11. The molecule has 108 valence electrons. The van der Waals surface area contributed by atoms with E-state index in [0.29, 0.717) is 0 Å². The maximum Gasteiger partial charge on any atom is 0.144 e. The van der Waals surface area contributed by atoms with Crippen LogP contribution in [0.15, 0.2) is 85.3 Å². The van der Waals surface area contributed by atoms with E-state index in [2.05, 4.69) is 82.3 Å². The molecule has 0 spiro atoms. The van der Waals surface area contributed by atoms with Crippen LogP contribution in [-0.4, -0.2) is 9.38 Å². The van der Waals surface area contributed by atoms with Crippen LogP contribution in [0, 0.1) is 0 Å². The number of imidazole rings is 1. The third-order valence-corrected chi connectivity index (χ3v) is 4.47. The van der Waals surface area contributed by atoms with Crippen LogP contribution in [0.4, 0.5) is 0 Å². The third kappa shape index (κ3) is 1.78. The molecule has 3 aromatic carbocycles. The quantitative estimate of drug-likeness (QED) is 0.409. The lowest BCUT2D eigenvalue weighted by molar-refractivity contribution is 1.20. The number of aromatic nitrogens is 2. The first kappa shape index (κ1) is 12.4. The maximum atomic E-state index is 4.51. The number of fused-ring (bicyclic) bond motifs is 4. The van der Waals surface area contributed by atoms with Gasteiger partial charge >= 0.3 is 0 Å². The summed E-state index contributed by atoms with van der Waals surface area (Å²) in [7, 11) is 0. The first-order valence-corrected chi connectivity index (χ1v) is 7.74. The fourth-order valence-corrected chi connectivity index (χ4v) is 3.42. The second-order valence-electron chi connectivity index (χ2n) is 5.77. The van der Waals surface area contributed by atoms with Crippen LogP contribution in [0.2, 0.25) is 0 Å². The molecule has 0 amide bonds. The highest BCUT2D eigenvalue weighted by molar-refractivity contribution is 6.08. The van der Waals surface area contributed by atoms with Crippen LogP contribution in [0.3, 0.4) is 0 Å². The number of nitrogens with zero attached hydrogens (tertiary/aromatic N) is 2. The fourth-order valence-electron chi connectivity index (χ4n) is 3.42. The van der Waals surface area contributed by atoms with E-state index in [1.165, 1.54) is 32.7 Å². The Morgan fingerprint density at radius 1 is 0.652 bits per heavy atom. The zero-order valence-corrected chi connectivity index (χ0v) is 12.5. The number of hydrogen-bond acceptors (Lipinski definition) is 1. The van der Waals surface area contributed by atoms with Gasteiger partial charge in [0.2, 0.25) is 0 Å². The standard InChI is InChI=1S/C21H14N2/c1-2-8-16-15(6-1)7-5-11-17(16)20-14-23-13-12-22-21(23)19-10-4-3-9-18(19)20/h1-14H. The van der Waals surface area contributed by atoms with E-state index in [1.807, 2.05) is 12.4 Å². The van der Waals surface area contributed by atoms with Crippen LogP contribution in [0.25, 0.3) is 38.3 Å². The van der Waals surface area contributed by atoms with Gasteiger partial charge in [-0.05, 0) is 21.7 Å². The zero-order valence-electron chi connectivity index (χ0n) is 12.5. The summed E-state index contributed by atoms with van der Waals surface area (Å²) in [5, 5.41) is 4.96. The minimum absolute atomic E-state index is 1.00. The molecule has 2 aromatic heterocycles. The predicted molar refractivity (Wildman–Crippen MR) is 95.6 cm³/mol. The molecular formula is C21H14N2. The van der Waals surface area contributed by atoms with Gasteiger partial charge in [0.1, 0.15) is 5.65 Å². The molecule has 0 aliphatic heterocycles. The first-order chi connectivity index (χ1) is 11.4. The molecule has 5 rings (SSSR count). The summed E-state index contributed by atoms with van der Waals surface area (Å²) >= 11 is 0. The molecule has 0 saturated heterocycles. The van der Waals surface area contributed by atoms with Crippen molar-refractivity contribution in [2.75, 3.05) is 0 Å². The molecule has 0 aliphatic rings. The van der Waals surface area contributed by atoms with Crippen LogP contribution in [0.5, 0.6) is 0 Å². The molecular weight excluding hydrogens is 280 g/mol. The smallest absolute Gasteiger partial charge is 0.144 e. The molecule has 2 heteroatoms. The zero-order chi connectivity index (χ0) is 15.2. The summed E-state index contributed by atoms with van der Waals surface area (Å²) in [5.74, 6) is 0.